The summed E-state index contributed by atoms with van der Waals surface area (Å²) in [5, 5.41) is 4.68. The highest BCUT2D eigenvalue weighted by Gasteiger charge is 2.17. The molecule has 20 heavy (non-hydrogen) atoms. The summed E-state index contributed by atoms with van der Waals surface area (Å²) >= 11 is 12.1. The lowest BCUT2D eigenvalue weighted by Crippen LogP contribution is -2.12. The van der Waals surface area contributed by atoms with Crippen molar-refractivity contribution >= 4 is 23.2 Å². The zero-order valence-electron chi connectivity index (χ0n) is 10.7. The van der Waals surface area contributed by atoms with E-state index in [4.69, 9.17) is 32.7 Å². The van der Waals surface area contributed by atoms with Crippen LogP contribution in [-0.2, 0) is 13.1 Å². The van der Waals surface area contributed by atoms with Gasteiger partial charge in [0.15, 0.2) is 11.5 Å². The third kappa shape index (κ3) is 3.01. The SMILES string of the molecule is Clc1cccc(CNCc2cc(Cl)c3c(c2)OCO3)c1. The number of halogens is 2. The molecule has 0 spiro atoms. The van der Waals surface area contributed by atoms with Crippen LogP contribution in [0, 0.1) is 0 Å². The quantitative estimate of drug-likeness (QED) is 0.925. The molecule has 3 rings (SSSR count). The van der Waals surface area contributed by atoms with Crippen LogP contribution in [0.15, 0.2) is 36.4 Å². The van der Waals surface area contributed by atoms with Gasteiger partial charge < -0.3 is 14.8 Å². The number of nitrogens with one attached hydrogen (secondary N) is 1. The fourth-order valence-corrected chi connectivity index (χ4v) is 2.62. The number of rotatable bonds is 4. The average Bonchev–Trinajstić information content (AvgIpc) is 2.88. The molecule has 0 amide bonds. The van der Waals surface area contributed by atoms with E-state index in [-0.39, 0.29) is 6.79 Å². The van der Waals surface area contributed by atoms with E-state index in [1.807, 2.05) is 36.4 Å². The molecular weight excluding hydrogens is 297 g/mol. The average molecular weight is 310 g/mol. The van der Waals surface area contributed by atoms with Crippen molar-refractivity contribution in [3.05, 3.63) is 57.6 Å². The Morgan fingerprint density at radius 3 is 2.70 bits per heavy atom. The van der Waals surface area contributed by atoms with Crippen LogP contribution in [0.5, 0.6) is 11.5 Å². The summed E-state index contributed by atoms with van der Waals surface area (Å²) in [5.74, 6) is 1.34. The minimum atomic E-state index is 0.231. The van der Waals surface area contributed by atoms with Crippen LogP contribution in [0.25, 0.3) is 0 Å². The van der Waals surface area contributed by atoms with Crippen LogP contribution in [0.1, 0.15) is 11.1 Å². The van der Waals surface area contributed by atoms with Gasteiger partial charge in [-0.3, -0.25) is 0 Å². The Labute approximate surface area is 127 Å². The molecule has 1 N–H and O–H groups in total. The zero-order chi connectivity index (χ0) is 13.9. The van der Waals surface area contributed by atoms with Crippen molar-refractivity contribution in [2.45, 2.75) is 13.1 Å². The smallest absolute Gasteiger partial charge is 0.231 e. The van der Waals surface area contributed by atoms with Crippen LogP contribution in [0.3, 0.4) is 0 Å². The molecule has 104 valence electrons. The molecule has 5 heteroatoms. The van der Waals surface area contributed by atoms with Crippen molar-refractivity contribution in [2.24, 2.45) is 0 Å². The van der Waals surface area contributed by atoms with Crippen molar-refractivity contribution in [1.82, 2.24) is 5.32 Å². The highest BCUT2D eigenvalue weighted by atomic mass is 35.5. The van der Waals surface area contributed by atoms with Crippen LogP contribution in [0.4, 0.5) is 0 Å². The van der Waals surface area contributed by atoms with Gasteiger partial charge in [-0.15, -0.1) is 0 Å². The maximum Gasteiger partial charge on any atom is 0.231 e. The lowest BCUT2D eigenvalue weighted by molar-refractivity contribution is 0.174. The second kappa shape index (κ2) is 5.92. The third-order valence-corrected chi connectivity index (χ3v) is 3.55. The van der Waals surface area contributed by atoms with Gasteiger partial charge in [-0.25, -0.2) is 0 Å². The largest absolute Gasteiger partial charge is 0.454 e. The summed E-state index contributed by atoms with van der Waals surface area (Å²) in [6.07, 6.45) is 0. The summed E-state index contributed by atoms with van der Waals surface area (Å²) in [5.41, 5.74) is 2.20. The molecule has 2 aromatic carbocycles. The van der Waals surface area contributed by atoms with Crippen LogP contribution < -0.4 is 14.8 Å². The van der Waals surface area contributed by atoms with Crippen molar-refractivity contribution < 1.29 is 9.47 Å². The number of ether oxygens (including phenoxy) is 2. The monoisotopic (exact) mass is 309 g/mol. The van der Waals surface area contributed by atoms with Gasteiger partial charge in [0, 0.05) is 18.1 Å². The van der Waals surface area contributed by atoms with E-state index >= 15 is 0 Å². The zero-order valence-corrected chi connectivity index (χ0v) is 12.2. The number of hydrogen-bond acceptors (Lipinski definition) is 3. The van der Waals surface area contributed by atoms with Gasteiger partial charge in [0.25, 0.3) is 0 Å². The van der Waals surface area contributed by atoms with E-state index in [0.717, 1.165) is 22.7 Å². The van der Waals surface area contributed by atoms with E-state index in [9.17, 15) is 0 Å². The molecule has 0 bridgehead atoms. The normalized spacial score (nSPS) is 12.7. The molecular formula is C15H13Cl2NO2. The van der Waals surface area contributed by atoms with Crippen molar-refractivity contribution in [2.75, 3.05) is 6.79 Å². The first-order valence-corrected chi connectivity index (χ1v) is 7.01. The molecule has 0 unspecified atom stereocenters. The lowest BCUT2D eigenvalue weighted by Gasteiger charge is -2.07. The summed E-state index contributed by atoms with van der Waals surface area (Å²) in [4.78, 5) is 0. The minimum Gasteiger partial charge on any atom is -0.454 e. The third-order valence-electron chi connectivity index (χ3n) is 3.03. The fourth-order valence-electron chi connectivity index (χ4n) is 2.12. The Morgan fingerprint density at radius 2 is 1.85 bits per heavy atom. The van der Waals surface area contributed by atoms with E-state index in [1.165, 1.54) is 0 Å². The predicted octanol–water partition coefficient (Wildman–Crippen LogP) is 4.01. The highest BCUT2D eigenvalue weighted by Crippen LogP contribution is 2.39. The summed E-state index contributed by atoms with van der Waals surface area (Å²) in [7, 11) is 0. The maximum absolute atomic E-state index is 6.14. The molecule has 0 saturated heterocycles. The number of hydrogen-bond donors (Lipinski definition) is 1. The van der Waals surface area contributed by atoms with Crippen molar-refractivity contribution in [1.29, 1.82) is 0 Å². The highest BCUT2D eigenvalue weighted by molar-refractivity contribution is 6.32. The van der Waals surface area contributed by atoms with Gasteiger partial charge in [0.2, 0.25) is 6.79 Å². The van der Waals surface area contributed by atoms with Gasteiger partial charge in [0.05, 0.1) is 5.02 Å². The molecule has 1 aliphatic rings. The summed E-state index contributed by atoms with van der Waals surface area (Å²) in [6, 6.07) is 11.6. The van der Waals surface area contributed by atoms with Crippen molar-refractivity contribution in [3.8, 4) is 11.5 Å². The molecule has 0 saturated carbocycles. The second-order valence-electron chi connectivity index (χ2n) is 4.54. The first-order chi connectivity index (χ1) is 9.72. The van der Waals surface area contributed by atoms with Crippen LogP contribution >= 0.6 is 23.2 Å². The second-order valence-corrected chi connectivity index (χ2v) is 5.39. The molecule has 3 nitrogen and oxygen atoms in total. The van der Waals surface area contributed by atoms with E-state index < -0.39 is 0 Å². The molecule has 0 aromatic heterocycles. The maximum atomic E-state index is 6.14. The Hall–Kier alpha value is -1.42. The topological polar surface area (TPSA) is 30.5 Å². The Bertz CT molecular complexity index is 631. The Balaban J connectivity index is 1.63. The fraction of sp³-hybridized carbons (Fsp3) is 0.200. The molecule has 0 atom stereocenters. The molecule has 0 radical (unpaired) electrons. The lowest BCUT2D eigenvalue weighted by atomic mass is 10.2. The summed E-state index contributed by atoms with van der Waals surface area (Å²) in [6.45, 7) is 1.67. The molecule has 1 aliphatic heterocycles. The van der Waals surface area contributed by atoms with Crippen LogP contribution in [0.2, 0.25) is 10.0 Å². The predicted molar refractivity (Wildman–Crippen MR) is 79.6 cm³/mol. The van der Waals surface area contributed by atoms with Gasteiger partial charge in [-0.2, -0.15) is 0 Å². The minimum absolute atomic E-state index is 0.231. The summed E-state index contributed by atoms with van der Waals surface area (Å²) < 4.78 is 10.6. The Kier molecular flexibility index (Phi) is 4.01. The molecule has 1 heterocycles. The first kappa shape index (κ1) is 13.6. The van der Waals surface area contributed by atoms with Crippen LogP contribution in [-0.4, -0.2) is 6.79 Å². The molecule has 0 fully saturated rings. The Morgan fingerprint density at radius 1 is 1.00 bits per heavy atom. The van der Waals surface area contributed by atoms with Crippen molar-refractivity contribution in [3.63, 3.8) is 0 Å². The molecule has 2 aromatic rings. The van der Waals surface area contributed by atoms with Gasteiger partial charge in [-0.1, -0.05) is 35.3 Å². The van der Waals surface area contributed by atoms with E-state index in [2.05, 4.69) is 5.32 Å². The number of fused-ring (bicyclic) bond motifs is 1. The van der Waals surface area contributed by atoms with Gasteiger partial charge >= 0.3 is 0 Å². The van der Waals surface area contributed by atoms with Gasteiger partial charge in [-0.05, 0) is 35.4 Å². The number of benzene rings is 2. The molecule has 0 aliphatic carbocycles. The van der Waals surface area contributed by atoms with E-state index in [0.29, 0.717) is 23.1 Å². The van der Waals surface area contributed by atoms with Gasteiger partial charge in [0.1, 0.15) is 0 Å². The van der Waals surface area contributed by atoms with E-state index in [1.54, 1.807) is 0 Å². The standard InChI is InChI=1S/C15H13Cl2NO2/c16-12-3-1-2-10(4-12)7-18-8-11-5-13(17)15-14(6-11)19-9-20-15/h1-6,18H,7-9H2. The first-order valence-electron chi connectivity index (χ1n) is 6.25.